The molecule has 53 heavy (non-hydrogen) atoms. The lowest BCUT2D eigenvalue weighted by Gasteiger charge is -2.28. The highest BCUT2D eigenvalue weighted by molar-refractivity contribution is 7.86. The van der Waals surface area contributed by atoms with Gasteiger partial charge in [0.2, 0.25) is 5.69 Å². The Kier molecular flexibility index (Phi) is 15.0. The van der Waals surface area contributed by atoms with Crippen molar-refractivity contribution in [1.29, 1.82) is 0 Å². The van der Waals surface area contributed by atoms with Gasteiger partial charge in [-0.05, 0) is 57.0 Å². The molecule has 2 rings (SSSR count). The van der Waals surface area contributed by atoms with Crippen LogP contribution in [-0.2, 0) is 40.5 Å². The zero-order valence-corrected chi connectivity index (χ0v) is 32.0. The van der Waals surface area contributed by atoms with E-state index in [0.717, 1.165) is 24.3 Å². The van der Waals surface area contributed by atoms with Gasteiger partial charge in [-0.1, -0.05) is 18.2 Å². The minimum absolute atomic E-state index is 0.00140. The number of carbonyl (C=O) groups is 2. The monoisotopic (exact) mass is 823 g/mol. The summed E-state index contributed by atoms with van der Waals surface area (Å²) in [5.41, 5.74) is -0.120. The second-order valence-electron chi connectivity index (χ2n) is 11.6. The summed E-state index contributed by atoms with van der Waals surface area (Å²) in [4.78, 5) is 23.7. The maximum absolute atomic E-state index is 12.0. The van der Waals surface area contributed by atoms with Gasteiger partial charge in [-0.15, -0.1) is 0 Å². The average molecular weight is 824 g/mol. The molecule has 22 heteroatoms. The first-order valence-corrected chi connectivity index (χ1v) is 21.3. The number of hydrogen-bond donors (Lipinski definition) is 6. The maximum Gasteiger partial charge on any atom is 0.336 e. The van der Waals surface area contributed by atoms with Crippen LogP contribution in [0.15, 0.2) is 70.1 Å². The van der Waals surface area contributed by atoms with Gasteiger partial charge in [0, 0.05) is 49.0 Å². The zero-order valence-electron chi connectivity index (χ0n) is 28.7. The number of anilines is 1. The largest absolute Gasteiger partial charge is 0.478 e. The van der Waals surface area contributed by atoms with Crippen LogP contribution in [0.1, 0.15) is 58.5 Å². The van der Waals surface area contributed by atoms with E-state index in [1.807, 2.05) is 0 Å². The average Bonchev–Trinajstić information content (AvgIpc) is 2.99. The molecular weight excluding hydrogens is 785 g/mol. The molecule has 0 amide bonds. The van der Waals surface area contributed by atoms with Crippen molar-refractivity contribution < 1.29 is 76.3 Å². The predicted octanol–water partition coefficient (Wildman–Crippen LogP) is 3.38. The lowest BCUT2D eigenvalue weighted by Crippen LogP contribution is -2.26. The van der Waals surface area contributed by atoms with Crippen LogP contribution < -0.4 is 4.90 Å². The molecule has 6 N–H and O–H groups in total. The third-order valence-corrected chi connectivity index (χ3v) is 10.9. The molecule has 0 heterocycles. The second kappa shape index (κ2) is 17.7. The Morgan fingerprint density at radius 2 is 1.19 bits per heavy atom. The molecule has 0 bridgehead atoms. The summed E-state index contributed by atoms with van der Waals surface area (Å²) in [5, 5.41) is 19.4. The number of aromatic carboxylic acids is 2. The topological polar surface area (TPSA) is 298 Å². The first-order chi connectivity index (χ1) is 24.1. The standard InChI is InChI=1S/C31H38N2O16S4/c1-20(32(12-8-14-50(38,39)40)28-18-24(52(44,45)46)16-26(22(28)3)30(34)35)10-6-5-7-11-21(2)33(13-9-15-51(41,42)43)29-19-25(53(47,48)49)17-27(23(29)4)31(36)37/h5-7,10-11,16-19H,8-9,12-15H2,1-4H3,(H5-,34,35,36,37,38,39,40,41,42,43,44,45,46,47,48,49)/p+1. The van der Waals surface area contributed by atoms with E-state index in [2.05, 4.69) is 0 Å². The van der Waals surface area contributed by atoms with Gasteiger partial charge in [-0.3, -0.25) is 18.2 Å². The molecule has 0 fully saturated rings. The first kappa shape index (κ1) is 44.9. The summed E-state index contributed by atoms with van der Waals surface area (Å²) in [6.07, 6.45) is 7.03. The molecule has 2 aromatic rings. The highest BCUT2D eigenvalue weighted by Crippen LogP contribution is 2.31. The van der Waals surface area contributed by atoms with Gasteiger partial charge in [-0.2, -0.15) is 38.2 Å². The van der Waals surface area contributed by atoms with E-state index in [-0.39, 0.29) is 48.4 Å². The van der Waals surface area contributed by atoms with E-state index < -0.39 is 84.8 Å². The third kappa shape index (κ3) is 13.6. The first-order valence-electron chi connectivity index (χ1n) is 15.2. The van der Waals surface area contributed by atoms with E-state index in [1.54, 1.807) is 0 Å². The van der Waals surface area contributed by atoms with Gasteiger partial charge in [0.15, 0.2) is 5.71 Å². The van der Waals surface area contributed by atoms with Gasteiger partial charge in [0.1, 0.15) is 11.4 Å². The Morgan fingerprint density at radius 1 is 0.698 bits per heavy atom. The summed E-state index contributed by atoms with van der Waals surface area (Å²) < 4.78 is 133. The van der Waals surface area contributed by atoms with E-state index in [4.69, 9.17) is 0 Å². The lowest BCUT2D eigenvalue weighted by atomic mass is 10.0. The van der Waals surface area contributed by atoms with Crippen molar-refractivity contribution in [3.05, 3.63) is 82.6 Å². The van der Waals surface area contributed by atoms with Gasteiger partial charge in [-0.25, -0.2) is 9.59 Å². The fraction of sp³-hybridized carbons (Fsp3) is 0.323. The van der Waals surface area contributed by atoms with E-state index in [9.17, 15) is 71.7 Å². The Bertz CT molecular complexity index is 2340. The molecular formula is C31H39N2O16S4+. The molecule has 0 aliphatic carbocycles. The molecule has 0 atom stereocenters. The van der Waals surface area contributed by atoms with Gasteiger partial charge < -0.3 is 15.1 Å². The SMILES string of the molecule is CC(/C=C/C=C/C=C(\C)N(CCCS(=O)(=O)O)c1cc(S(=O)(=O)O)cc(C(=O)O)c1C)=[N+](CCCS(=O)(=O)O)c1cc(S(=O)(=O)O)cc(C(=O)O)c1C. The molecule has 0 saturated carbocycles. The number of rotatable bonds is 18. The van der Waals surface area contributed by atoms with Crippen LogP contribution in [0, 0.1) is 13.8 Å². The number of benzene rings is 2. The van der Waals surface area contributed by atoms with Crippen LogP contribution in [0.2, 0.25) is 0 Å². The number of allylic oxidation sites excluding steroid dienone is 6. The van der Waals surface area contributed by atoms with Gasteiger partial charge in [0.25, 0.3) is 40.5 Å². The van der Waals surface area contributed by atoms with Crippen molar-refractivity contribution in [2.75, 3.05) is 29.5 Å². The molecule has 0 saturated heterocycles. The lowest BCUT2D eigenvalue weighted by molar-refractivity contribution is -0.440. The van der Waals surface area contributed by atoms with Crippen LogP contribution in [0.4, 0.5) is 11.4 Å². The molecule has 0 unspecified atom stereocenters. The van der Waals surface area contributed by atoms with Crippen molar-refractivity contribution in [2.45, 2.75) is 50.3 Å². The predicted molar refractivity (Wildman–Crippen MR) is 193 cm³/mol. The molecule has 292 valence electrons. The van der Waals surface area contributed by atoms with Crippen molar-refractivity contribution in [3.63, 3.8) is 0 Å². The highest BCUT2D eigenvalue weighted by Gasteiger charge is 2.27. The van der Waals surface area contributed by atoms with Crippen LogP contribution in [0.5, 0.6) is 0 Å². The van der Waals surface area contributed by atoms with E-state index >= 15 is 0 Å². The second-order valence-corrected chi connectivity index (χ2v) is 17.6. The Balaban J connectivity index is 2.68. The van der Waals surface area contributed by atoms with Crippen LogP contribution in [0.3, 0.4) is 0 Å². The molecule has 0 radical (unpaired) electrons. The summed E-state index contributed by atoms with van der Waals surface area (Å²) in [5.74, 6) is -4.38. The summed E-state index contributed by atoms with van der Waals surface area (Å²) >= 11 is 0. The zero-order chi connectivity index (χ0) is 40.7. The Morgan fingerprint density at radius 3 is 1.68 bits per heavy atom. The maximum atomic E-state index is 12.0. The number of nitrogens with zero attached hydrogens (tertiary/aromatic N) is 2. The third-order valence-electron chi connectivity index (χ3n) is 7.66. The Labute approximate surface area is 307 Å². The van der Waals surface area contributed by atoms with Crippen molar-refractivity contribution in [3.8, 4) is 0 Å². The molecule has 18 nitrogen and oxygen atoms in total. The smallest absolute Gasteiger partial charge is 0.336 e. The van der Waals surface area contributed by atoms with Crippen LogP contribution in [0.25, 0.3) is 0 Å². The summed E-state index contributed by atoms with van der Waals surface area (Å²) in [7, 11) is -18.6. The molecule has 0 aliphatic heterocycles. The molecule has 0 aliphatic rings. The van der Waals surface area contributed by atoms with Crippen molar-refractivity contribution >= 4 is 69.5 Å². The quantitative estimate of drug-likeness (QED) is 0.0543. The van der Waals surface area contributed by atoms with Gasteiger partial charge >= 0.3 is 11.9 Å². The number of carboxylic acids is 2. The molecule has 0 aromatic heterocycles. The fourth-order valence-corrected chi connectivity index (χ4v) is 7.11. The molecule has 2 aromatic carbocycles. The van der Waals surface area contributed by atoms with Crippen LogP contribution in [-0.4, -0.2) is 109 Å². The number of hydrogen-bond acceptors (Lipinski definition) is 11. The van der Waals surface area contributed by atoms with E-state index in [0.29, 0.717) is 11.4 Å². The normalized spacial score (nSPS) is 13.8. The van der Waals surface area contributed by atoms with Crippen molar-refractivity contribution in [1.82, 2.24) is 0 Å². The minimum Gasteiger partial charge on any atom is -0.478 e. The van der Waals surface area contributed by atoms with E-state index in [1.165, 1.54) is 67.6 Å². The summed E-state index contributed by atoms with van der Waals surface area (Å²) in [6, 6.07) is 3.55. The highest BCUT2D eigenvalue weighted by atomic mass is 32.2. The fourth-order valence-electron chi connectivity index (χ4n) is 5.07. The molecule has 0 spiro atoms. The number of carboxylic acid groups (broad SMARTS) is 2. The Hall–Kier alpha value is -4.29. The van der Waals surface area contributed by atoms with Crippen molar-refractivity contribution in [2.24, 2.45) is 0 Å². The summed E-state index contributed by atoms with van der Waals surface area (Å²) in [6.45, 7) is 5.49. The van der Waals surface area contributed by atoms with Gasteiger partial charge in [0.05, 0.1) is 27.5 Å². The minimum atomic E-state index is -4.88. The van der Waals surface area contributed by atoms with Crippen LogP contribution >= 0.6 is 0 Å².